The lowest BCUT2D eigenvalue weighted by atomic mass is 9.97. The van der Waals surface area contributed by atoms with E-state index in [4.69, 9.17) is 4.74 Å². The molecule has 0 aromatic heterocycles. The van der Waals surface area contributed by atoms with E-state index in [-0.39, 0.29) is 0 Å². The van der Waals surface area contributed by atoms with Gasteiger partial charge in [0.2, 0.25) is 0 Å². The molecule has 2 nitrogen and oxygen atoms in total. The summed E-state index contributed by atoms with van der Waals surface area (Å²) in [5.41, 5.74) is 2.87. The minimum atomic E-state index is -0.543. The Morgan fingerprint density at radius 3 is 2.32 bits per heavy atom. The van der Waals surface area contributed by atoms with E-state index in [1.54, 1.807) is 7.11 Å². The van der Waals surface area contributed by atoms with Gasteiger partial charge in [-0.15, -0.1) is 0 Å². The summed E-state index contributed by atoms with van der Waals surface area (Å²) in [5, 5.41) is 10.2. The maximum absolute atomic E-state index is 10.2. The molecule has 1 unspecified atom stereocenters. The third kappa shape index (κ3) is 3.46. The molecule has 0 bridgehead atoms. The van der Waals surface area contributed by atoms with Crippen LogP contribution in [0.2, 0.25) is 0 Å². The van der Waals surface area contributed by atoms with Gasteiger partial charge in [0.25, 0.3) is 0 Å². The molecule has 0 amide bonds. The normalized spacial score (nSPS) is 11.9. The number of hydrogen-bond acceptors (Lipinski definition) is 2. The Morgan fingerprint density at radius 2 is 1.74 bits per heavy atom. The first-order chi connectivity index (χ1) is 9.20. The van der Waals surface area contributed by atoms with Gasteiger partial charge in [-0.3, -0.25) is 0 Å². The van der Waals surface area contributed by atoms with E-state index in [0.717, 1.165) is 22.4 Å². The second-order valence-electron chi connectivity index (χ2n) is 4.46. The van der Waals surface area contributed by atoms with Crippen molar-refractivity contribution in [3.05, 3.63) is 72.3 Å². The third-order valence-electron chi connectivity index (χ3n) is 3.12. The molecule has 0 spiro atoms. The fourth-order valence-electron chi connectivity index (χ4n) is 1.97. The molecule has 1 atom stereocenters. The highest BCUT2D eigenvalue weighted by molar-refractivity contribution is 5.63. The van der Waals surface area contributed by atoms with Crippen LogP contribution in [-0.4, -0.2) is 12.2 Å². The zero-order valence-corrected chi connectivity index (χ0v) is 11.0. The summed E-state index contributed by atoms with van der Waals surface area (Å²) in [6.45, 7) is 4.04. The number of ether oxygens (including phenoxy) is 1. The number of methoxy groups -OCH3 is 1. The molecule has 2 aromatic rings. The number of hydrogen-bond donors (Lipinski definition) is 1. The van der Waals surface area contributed by atoms with Crippen LogP contribution in [0.1, 0.15) is 23.7 Å². The molecule has 19 heavy (non-hydrogen) atoms. The van der Waals surface area contributed by atoms with Gasteiger partial charge in [-0.25, -0.2) is 0 Å². The van der Waals surface area contributed by atoms with Gasteiger partial charge in [0, 0.05) is 6.42 Å². The lowest BCUT2D eigenvalue weighted by Gasteiger charge is -2.13. The van der Waals surface area contributed by atoms with Gasteiger partial charge in [0.05, 0.1) is 13.2 Å². The Balaban J connectivity index is 2.04. The van der Waals surface area contributed by atoms with Crippen LogP contribution in [0.5, 0.6) is 5.75 Å². The molecule has 2 heteroatoms. The Labute approximate surface area is 114 Å². The summed E-state index contributed by atoms with van der Waals surface area (Å²) in [5.74, 6) is 0.790. The summed E-state index contributed by atoms with van der Waals surface area (Å²) >= 11 is 0. The van der Waals surface area contributed by atoms with E-state index >= 15 is 0 Å². The van der Waals surface area contributed by atoms with Crippen molar-refractivity contribution in [2.75, 3.05) is 7.11 Å². The van der Waals surface area contributed by atoms with Crippen LogP contribution in [0.25, 0.3) is 5.57 Å². The van der Waals surface area contributed by atoms with Crippen molar-refractivity contribution in [3.8, 4) is 5.75 Å². The Hall–Kier alpha value is -2.06. The average Bonchev–Trinajstić information content (AvgIpc) is 2.48. The zero-order valence-electron chi connectivity index (χ0n) is 11.0. The lowest BCUT2D eigenvalue weighted by Crippen LogP contribution is -1.98. The van der Waals surface area contributed by atoms with Gasteiger partial charge in [-0.05, 0) is 28.8 Å². The van der Waals surface area contributed by atoms with Crippen LogP contribution >= 0.6 is 0 Å². The molecule has 0 saturated heterocycles. The van der Waals surface area contributed by atoms with Crippen LogP contribution in [0, 0.1) is 0 Å². The van der Waals surface area contributed by atoms with E-state index in [9.17, 15) is 5.11 Å². The van der Waals surface area contributed by atoms with Crippen LogP contribution in [-0.2, 0) is 0 Å². The summed E-state index contributed by atoms with van der Waals surface area (Å²) in [7, 11) is 1.63. The molecular weight excluding hydrogens is 236 g/mol. The average molecular weight is 254 g/mol. The highest BCUT2D eigenvalue weighted by Gasteiger charge is 2.10. The van der Waals surface area contributed by atoms with E-state index in [0.29, 0.717) is 6.42 Å². The molecule has 2 rings (SSSR count). The molecule has 0 radical (unpaired) electrons. The first kappa shape index (κ1) is 13.4. The first-order valence-corrected chi connectivity index (χ1v) is 6.26. The molecule has 0 aliphatic heterocycles. The smallest absolute Gasteiger partial charge is 0.118 e. The number of aliphatic hydroxyl groups excluding tert-OH is 1. The van der Waals surface area contributed by atoms with Gasteiger partial charge in [-0.2, -0.15) is 0 Å². The fourth-order valence-corrected chi connectivity index (χ4v) is 1.97. The first-order valence-electron chi connectivity index (χ1n) is 6.26. The minimum Gasteiger partial charge on any atom is -0.497 e. The quantitative estimate of drug-likeness (QED) is 0.878. The Bertz CT molecular complexity index is 529. The van der Waals surface area contributed by atoms with Crippen molar-refractivity contribution < 1.29 is 9.84 Å². The van der Waals surface area contributed by atoms with Crippen molar-refractivity contribution in [2.24, 2.45) is 0 Å². The van der Waals surface area contributed by atoms with E-state index < -0.39 is 6.10 Å². The summed E-state index contributed by atoms with van der Waals surface area (Å²) in [6.07, 6.45) is -0.0188. The van der Waals surface area contributed by atoms with Gasteiger partial charge in [-0.1, -0.05) is 49.0 Å². The molecule has 0 heterocycles. The maximum atomic E-state index is 10.2. The monoisotopic (exact) mass is 254 g/mol. The highest BCUT2D eigenvalue weighted by atomic mass is 16.5. The molecule has 2 aromatic carbocycles. The van der Waals surface area contributed by atoms with Crippen molar-refractivity contribution in [2.45, 2.75) is 12.5 Å². The van der Waals surface area contributed by atoms with Crippen molar-refractivity contribution in [3.63, 3.8) is 0 Å². The van der Waals surface area contributed by atoms with Gasteiger partial charge in [0.15, 0.2) is 0 Å². The molecule has 0 fully saturated rings. The van der Waals surface area contributed by atoms with Gasteiger partial charge in [0.1, 0.15) is 5.75 Å². The fraction of sp³-hybridized carbons (Fsp3) is 0.176. The van der Waals surface area contributed by atoms with Crippen LogP contribution in [0.3, 0.4) is 0 Å². The predicted molar refractivity (Wildman–Crippen MR) is 78.0 cm³/mol. The SMILES string of the molecule is C=C(CC(O)c1ccc(OC)cc1)c1ccccc1. The van der Waals surface area contributed by atoms with Gasteiger partial charge < -0.3 is 9.84 Å². The number of rotatable bonds is 5. The van der Waals surface area contributed by atoms with Crippen LogP contribution in [0.15, 0.2) is 61.2 Å². The molecule has 0 aliphatic rings. The topological polar surface area (TPSA) is 29.5 Å². The van der Waals surface area contributed by atoms with Crippen molar-refractivity contribution in [1.82, 2.24) is 0 Å². The second-order valence-corrected chi connectivity index (χ2v) is 4.46. The standard InChI is InChI=1S/C17H18O2/c1-13(14-6-4-3-5-7-14)12-17(18)15-8-10-16(19-2)11-9-15/h3-11,17-18H,1,12H2,2H3. The van der Waals surface area contributed by atoms with E-state index in [2.05, 4.69) is 6.58 Å². The minimum absolute atomic E-state index is 0.524. The van der Waals surface area contributed by atoms with Crippen molar-refractivity contribution in [1.29, 1.82) is 0 Å². The van der Waals surface area contributed by atoms with E-state index in [1.165, 1.54) is 0 Å². The largest absolute Gasteiger partial charge is 0.497 e. The molecule has 98 valence electrons. The zero-order chi connectivity index (χ0) is 13.7. The molecule has 0 saturated carbocycles. The molecular formula is C17H18O2. The Morgan fingerprint density at radius 1 is 1.11 bits per heavy atom. The third-order valence-corrected chi connectivity index (χ3v) is 3.12. The lowest BCUT2D eigenvalue weighted by molar-refractivity contribution is 0.184. The predicted octanol–water partition coefficient (Wildman–Crippen LogP) is 3.83. The maximum Gasteiger partial charge on any atom is 0.118 e. The summed E-state index contributed by atoms with van der Waals surface area (Å²) in [6, 6.07) is 17.4. The highest BCUT2D eigenvalue weighted by Crippen LogP contribution is 2.27. The molecule has 1 N–H and O–H groups in total. The number of benzene rings is 2. The van der Waals surface area contributed by atoms with Crippen molar-refractivity contribution >= 4 is 5.57 Å². The van der Waals surface area contributed by atoms with Crippen LogP contribution < -0.4 is 4.74 Å². The summed E-state index contributed by atoms with van der Waals surface area (Å²) in [4.78, 5) is 0. The second kappa shape index (κ2) is 6.21. The van der Waals surface area contributed by atoms with Gasteiger partial charge >= 0.3 is 0 Å². The Kier molecular flexibility index (Phi) is 4.37. The number of aliphatic hydroxyl groups is 1. The molecule has 0 aliphatic carbocycles. The summed E-state index contributed by atoms with van der Waals surface area (Å²) < 4.78 is 5.10. The van der Waals surface area contributed by atoms with Crippen LogP contribution in [0.4, 0.5) is 0 Å². The van der Waals surface area contributed by atoms with E-state index in [1.807, 2.05) is 54.6 Å².